The molecule has 1 N–H and O–H groups in total. The number of benzene rings is 1. The van der Waals surface area contributed by atoms with Crippen molar-refractivity contribution in [2.75, 3.05) is 38.2 Å². The molecule has 1 fully saturated rings. The zero-order valence-electron chi connectivity index (χ0n) is 15.1. The van der Waals surface area contributed by atoms with Gasteiger partial charge in [0, 0.05) is 55.9 Å². The van der Waals surface area contributed by atoms with Gasteiger partial charge in [-0.25, -0.2) is 4.98 Å². The zero-order valence-corrected chi connectivity index (χ0v) is 15.9. The first-order valence-electron chi connectivity index (χ1n) is 9.01. The molecule has 0 aliphatic carbocycles. The molecule has 0 amide bonds. The molecule has 3 aromatic rings. The van der Waals surface area contributed by atoms with Gasteiger partial charge in [-0.15, -0.1) is 0 Å². The summed E-state index contributed by atoms with van der Waals surface area (Å²) in [6.07, 6.45) is 5.04. The summed E-state index contributed by atoms with van der Waals surface area (Å²) in [6, 6.07) is 8.28. The molecule has 3 heterocycles. The largest absolute Gasteiger partial charge is 0.495 e. The number of halogens is 1. The molecule has 1 aliphatic rings. The minimum Gasteiger partial charge on any atom is -0.495 e. The van der Waals surface area contributed by atoms with Crippen LogP contribution in [0.15, 0.2) is 36.7 Å². The van der Waals surface area contributed by atoms with Crippen molar-refractivity contribution < 1.29 is 4.74 Å². The number of pyridine rings is 1. The van der Waals surface area contributed by atoms with Crippen LogP contribution in [-0.4, -0.2) is 42.7 Å². The van der Waals surface area contributed by atoms with Gasteiger partial charge < -0.3 is 19.4 Å². The van der Waals surface area contributed by atoms with Gasteiger partial charge in [-0.2, -0.15) is 0 Å². The van der Waals surface area contributed by atoms with Gasteiger partial charge in [0.05, 0.1) is 17.8 Å². The standard InChI is InChI=1S/C20H23ClN4O/c1-3-14-10-19(26-2)17(21)12-16(14)18-13-25-7-4-15(11-20(25)23-18)24-8-5-22-6-9-24/h4,7,10-13,22H,3,5-6,8-9H2,1-2H3. The highest BCUT2D eigenvalue weighted by Gasteiger charge is 2.15. The summed E-state index contributed by atoms with van der Waals surface area (Å²) >= 11 is 6.36. The second kappa shape index (κ2) is 7.17. The SMILES string of the molecule is CCc1cc(OC)c(Cl)cc1-c1cn2ccc(N3CCNCC3)cc2n1. The number of aromatic nitrogens is 2. The van der Waals surface area contributed by atoms with Crippen LogP contribution in [0, 0.1) is 0 Å². The van der Waals surface area contributed by atoms with Crippen LogP contribution in [0.1, 0.15) is 12.5 Å². The number of hydrogen-bond acceptors (Lipinski definition) is 4. The molecule has 6 heteroatoms. The molecular weight excluding hydrogens is 348 g/mol. The fraction of sp³-hybridized carbons (Fsp3) is 0.350. The van der Waals surface area contributed by atoms with E-state index in [-0.39, 0.29) is 0 Å². The van der Waals surface area contributed by atoms with Crippen LogP contribution in [0.3, 0.4) is 0 Å². The lowest BCUT2D eigenvalue weighted by atomic mass is 10.0. The molecule has 0 spiro atoms. The first-order chi connectivity index (χ1) is 12.7. The quantitative estimate of drug-likeness (QED) is 0.761. The van der Waals surface area contributed by atoms with E-state index in [1.807, 2.05) is 12.1 Å². The molecule has 0 unspecified atom stereocenters. The monoisotopic (exact) mass is 370 g/mol. The summed E-state index contributed by atoms with van der Waals surface area (Å²) in [5, 5.41) is 4.00. The highest BCUT2D eigenvalue weighted by molar-refractivity contribution is 6.32. The number of rotatable bonds is 4. The summed E-state index contributed by atoms with van der Waals surface area (Å²) in [6.45, 7) is 6.23. The van der Waals surface area contributed by atoms with Crippen molar-refractivity contribution in [1.82, 2.24) is 14.7 Å². The second-order valence-corrected chi connectivity index (χ2v) is 6.92. The van der Waals surface area contributed by atoms with Gasteiger partial charge in [-0.1, -0.05) is 18.5 Å². The van der Waals surface area contributed by atoms with Crippen molar-refractivity contribution in [3.63, 3.8) is 0 Å². The van der Waals surface area contributed by atoms with E-state index in [0.29, 0.717) is 10.8 Å². The number of imidazole rings is 1. The van der Waals surface area contributed by atoms with Gasteiger partial charge in [0.1, 0.15) is 11.4 Å². The number of piperazine rings is 1. The number of methoxy groups -OCH3 is 1. The minimum atomic E-state index is 0.610. The number of fused-ring (bicyclic) bond motifs is 1. The van der Waals surface area contributed by atoms with Crippen LogP contribution < -0.4 is 15.0 Å². The molecular formula is C20H23ClN4O. The highest BCUT2D eigenvalue weighted by Crippen LogP contribution is 2.34. The smallest absolute Gasteiger partial charge is 0.139 e. The molecule has 0 saturated carbocycles. The Bertz CT molecular complexity index is 931. The number of hydrogen-bond donors (Lipinski definition) is 1. The Labute approximate surface area is 158 Å². The Kier molecular flexibility index (Phi) is 4.74. The number of nitrogens with one attached hydrogen (secondary N) is 1. The normalized spacial score (nSPS) is 14.8. The molecule has 1 saturated heterocycles. The third-order valence-corrected chi connectivity index (χ3v) is 5.26. The maximum absolute atomic E-state index is 6.36. The van der Waals surface area contributed by atoms with Crippen LogP contribution in [-0.2, 0) is 6.42 Å². The third-order valence-electron chi connectivity index (χ3n) is 4.96. The predicted molar refractivity (Wildman–Crippen MR) is 107 cm³/mol. The van der Waals surface area contributed by atoms with E-state index >= 15 is 0 Å². The Balaban J connectivity index is 1.74. The molecule has 1 aliphatic heterocycles. The fourth-order valence-corrected chi connectivity index (χ4v) is 3.74. The van der Waals surface area contributed by atoms with Crippen LogP contribution in [0.2, 0.25) is 5.02 Å². The van der Waals surface area contributed by atoms with Crippen molar-refractivity contribution in [3.8, 4) is 17.0 Å². The predicted octanol–water partition coefficient (Wildman–Crippen LogP) is 3.64. The van der Waals surface area contributed by atoms with E-state index in [9.17, 15) is 0 Å². The molecule has 2 aromatic heterocycles. The molecule has 4 rings (SSSR count). The molecule has 5 nitrogen and oxygen atoms in total. The highest BCUT2D eigenvalue weighted by atomic mass is 35.5. The summed E-state index contributed by atoms with van der Waals surface area (Å²) in [5.74, 6) is 0.706. The summed E-state index contributed by atoms with van der Waals surface area (Å²) < 4.78 is 7.42. The lowest BCUT2D eigenvalue weighted by Crippen LogP contribution is -2.43. The maximum atomic E-state index is 6.36. The molecule has 0 bridgehead atoms. The number of ether oxygens (including phenoxy) is 1. The molecule has 136 valence electrons. The van der Waals surface area contributed by atoms with Crippen molar-refractivity contribution in [3.05, 3.63) is 47.2 Å². The van der Waals surface area contributed by atoms with E-state index in [4.69, 9.17) is 21.3 Å². The molecule has 0 radical (unpaired) electrons. The summed E-state index contributed by atoms with van der Waals surface area (Å²) in [7, 11) is 1.64. The minimum absolute atomic E-state index is 0.610. The van der Waals surface area contributed by atoms with Crippen molar-refractivity contribution >= 4 is 22.9 Å². The van der Waals surface area contributed by atoms with E-state index in [1.165, 1.54) is 11.3 Å². The van der Waals surface area contributed by atoms with Gasteiger partial charge in [0.25, 0.3) is 0 Å². The Morgan fingerprint density at radius 3 is 2.77 bits per heavy atom. The average Bonchev–Trinajstić information content (AvgIpc) is 3.11. The lowest BCUT2D eigenvalue weighted by Gasteiger charge is -2.29. The first kappa shape index (κ1) is 17.2. The topological polar surface area (TPSA) is 41.8 Å². The maximum Gasteiger partial charge on any atom is 0.139 e. The van der Waals surface area contributed by atoms with Gasteiger partial charge in [0.15, 0.2) is 0 Å². The van der Waals surface area contributed by atoms with E-state index in [1.54, 1.807) is 7.11 Å². The van der Waals surface area contributed by atoms with Gasteiger partial charge in [-0.05, 0) is 30.2 Å². The number of nitrogens with zero attached hydrogens (tertiary/aromatic N) is 3. The van der Waals surface area contributed by atoms with Crippen LogP contribution in [0.5, 0.6) is 5.75 Å². The van der Waals surface area contributed by atoms with Crippen LogP contribution in [0.25, 0.3) is 16.9 Å². The number of anilines is 1. The van der Waals surface area contributed by atoms with Gasteiger partial charge in [0.2, 0.25) is 0 Å². The first-order valence-corrected chi connectivity index (χ1v) is 9.38. The Hall–Kier alpha value is -2.24. The average molecular weight is 371 g/mol. The van der Waals surface area contributed by atoms with Crippen LogP contribution in [0.4, 0.5) is 5.69 Å². The Morgan fingerprint density at radius 2 is 2.04 bits per heavy atom. The molecule has 0 atom stereocenters. The molecule has 26 heavy (non-hydrogen) atoms. The Morgan fingerprint density at radius 1 is 1.23 bits per heavy atom. The summed E-state index contributed by atoms with van der Waals surface area (Å²) in [4.78, 5) is 7.26. The van der Waals surface area contributed by atoms with Gasteiger partial charge >= 0.3 is 0 Å². The molecule has 1 aromatic carbocycles. The zero-order chi connectivity index (χ0) is 18.1. The van der Waals surface area contributed by atoms with E-state index in [2.05, 4.69) is 46.1 Å². The van der Waals surface area contributed by atoms with Gasteiger partial charge in [-0.3, -0.25) is 0 Å². The third kappa shape index (κ3) is 3.13. The fourth-order valence-electron chi connectivity index (χ4n) is 3.50. The second-order valence-electron chi connectivity index (χ2n) is 6.51. The van der Waals surface area contributed by atoms with Crippen molar-refractivity contribution in [2.45, 2.75) is 13.3 Å². The summed E-state index contributed by atoms with van der Waals surface area (Å²) in [5.41, 5.74) is 5.34. The van der Waals surface area contributed by atoms with Crippen molar-refractivity contribution in [2.24, 2.45) is 0 Å². The van der Waals surface area contributed by atoms with E-state index < -0.39 is 0 Å². The number of aryl methyl sites for hydroxylation is 1. The van der Waals surface area contributed by atoms with Crippen LogP contribution >= 0.6 is 11.6 Å². The van der Waals surface area contributed by atoms with Crippen molar-refractivity contribution in [1.29, 1.82) is 0 Å². The van der Waals surface area contributed by atoms with E-state index in [0.717, 1.165) is 49.5 Å². The lowest BCUT2D eigenvalue weighted by molar-refractivity contribution is 0.414.